The molecule has 2 aromatic heterocycles. The van der Waals surface area contributed by atoms with Crippen LogP contribution >= 0.6 is 0 Å². The van der Waals surface area contributed by atoms with Gasteiger partial charge in [-0.3, -0.25) is 9.78 Å². The molecule has 0 spiro atoms. The van der Waals surface area contributed by atoms with Gasteiger partial charge in [0.1, 0.15) is 5.82 Å². The van der Waals surface area contributed by atoms with E-state index in [4.69, 9.17) is 5.73 Å². The second kappa shape index (κ2) is 5.52. The summed E-state index contributed by atoms with van der Waals surface area (Å²) in [6, 6.07) is 7.02. The van der Waals surface area contributed by atoms with Crippen LogP contribution in [0.3, 0.4) is 0 Å². The van der Waals surface area contributed by atoms with Crippen molar-refractivity contribution in [1.82, 2.24) is 9.97 Å². The van der Waals surface area contributed by atoms with Gasteiger partial charge in [0.25, 0.3) is 5.91 Å². The van der Waals surface area contributed by atoms with Gasteiger partial charge >= 0.3 is 0 Å². The lowest BCUT2D eigenvalue weighted by molar-refractivity contribution is 0.0992. The zero-order valence-electron chi connectivity index (χ0n) is 12.8. The number of nitrogen functional groups attached to an aromatic ring is 1. The predicted octanol–water partition coefficient (Wildman–Crippen LogP) is 2.63. The Bertz CT molecular complexity index is 647. The fraction of sp³-hybridized carbons (Fsp3) is 0.312. The monoisotopic (exact) mass is 284 g/mol. The van der Waals surface area contributed by atoms with Gasteiger partial charge in [0, 0.05) is 29.9 Å². The summed E-state index contributed by atoms with van der Waals surface area (Å²) < 4.78 is 0. The van der Waals surface area contributed by atoms with Crippen LogP contribution in [0.15, 0.2) is 36.7 Å². The third-order valence-corrected chi connectivity index (χ3v) is 3.20. The van der Waals surface area contributed by atoms with Gasteiger partial charge in [0.15, 0.2) is 0 Å². The summed E-state index contributed by atoms with van der Waals surface area (Å²) in [5, 5.41) is 0. The van der Waals surface area contributed by atoms with E-state index in [1.165, 1.54) is 0 Å². The molecule has 21 heavy (non-hydrogen) atoms. The molecule has 2 N–H and O–H groups in total. The Balaban J connectivity index is 2.38. The molecule has 2 aromatic rings. The number of pyridine rings is 2. The summed E-state index contributed by atoms with van der Waals surface area (Å²) in [5.74, 6) is 0.216. The summed E-state index contributed by atoms with van der Waals surface area (Å²) in [4.78, 5) is 22.5. The van der Waals surface area contributed by atoms with E-state index in [2.05, 4.69) is 9.97 Å². The minimum atomic E-state index is -0.169. The molecule has 0 aromatic carbocycles. The molecule has 0 unspecified atom stereocenters. The van der Waals surface area contributed by atoms with Gasteiger partial charge in [-0.15, -0.1) is 0 Å². The lowest BCUT2D eigenvalue weighted by Crippen LogP contribution is -2.27. The maximum absolute atomic E-state index is 12.6. The topological polar surface area (TPSA) is 72.1 Å². The number of hydrogen-bond donors (Lipinski definition) is 1. The van der Waals surface area contributed by atoms with E-state index in [1.807, 2.05) is 26.8 Å². The van der Waals surface area contributed by atoms with Gasteiger partial charge in [0.05, 0.1) is 11.9 Å². The SMILES string of the molecule is CN(C(=O)c1cc(N)nc(C(C)(C)C)c1)c1cccnc1. The van der Waals surface area contributed by atoms with Crippen LogP contribution in [-0.2, 0) is 5.41 Å². The highest BCUT2D eigenvalue weighted by molar-refractivity contribution is 6.06. The molecule has 2 rings (SSSR count). The van der Waals surface area contributed by atoms with Gasteiger partial charge in [-0.25, -0.2) is 4.98 Å². The molecule has 110 valence electrons. The molecule has 0 radical (unpaired) electrons. The van der Waals surface area contributed by atoms with Crippen molar-refractivity contribution in [3.8, 4) is 0 Å². The van der Waals surface area contributed by atoms with Crippen LogP contribution in [0.25, 0.3) is 0 Å². The van der Waals surface area contributed by atoms with E-state index >= 15 is 0 Å². The molecule has 5 nitrogen and oxygen atoms in total. The third kappa shape index (κ3) is 3.37. The molecule has 5 heteroatoms. The minimum Gasteiger partial charge on any atom is -0.384 e. The number of carbonyl (C=O) groups excluding carboxylic acids is 1. The average molecular weight is 284 g/mol. The number of nitrogens with zero attached hydrogens (tertiary/aromatic N) is 3. The third-order valence-electron chi connectivity index (χ3n) is 3.20. The summed E-state index contributed by atoms with van der Waals surface area (Å²) >= 11 is 0. The fourth-order valence-electron chi connectivity index (χ4n) is 1.92. The van der Waals surface area contributed by atoms with Gasteiger partial charge in [0.2, 0.25) is 0 Å². The maximum Gasteiger partial charge on any atom is 0.258 e. The van der Waals surface area contributed by atoms with E-state index in [0.717, 1.165) is 11.4 Å². The molecule has 0 aliphatic rings. The smallest absolute Gasteiger partial charge is 0.258 e. The van der Waals surface area contributed by atoms with E-state index < -0.39 is 0 Å². The highest BCUT2D eigenvalue weighted by Crippen LogP contribution is 2.23. The molecular formula is C16H20N4O. The van der Waals surface area contributed by atoms with Crippen molar-refractivity contribution in [2.24, 2.45) is 0 Å². The number of anilines is 2. The average Bonchev–Trinajstić information content (AvgIpc) is 2.45. The Morgan fingerprint density at radius 1 is 1.29 bits per heavy atom. The van der Waals surface area contributed by atoms with Crippen LogP contribution in [0.4, 0.5) is 11.5 Å². The van der Waals surface area contributed by atoms with Crippen molar-refractivity contribution in [3.05, 3.63) is 47.9 Å². The normalized spacial score (nSPS) is 11.2. The number of aromatic nitrogens is 2. The molecule has 0 atom stereocenters. The molecule has 0 saturated heterocycles. The Morgan fingerprint density at radius 3 is 2.57 bits per heavy atom. The van der Waals surface area contributed by atoms with Crippen molar-refractivity contribution >= 4 is 17.4 Å². The number of hydrogen-bond acceptors (Lipinski definition) is 4. The Hall–Kier alpha value is -2.43. The minimum absolute atomic E-state index is 0.136. The molecule has 0 bridgehead atoms. The maximum atomic E-state index is 12.6. The van der Waals surface area contributed by atoms with E-state index in [1.54, 1.807) is 42.5 Å². The second-order valence-corrected chi connectivity index (χ2v) is 5.99. The first kappa shape index (κ1) is 15.0. The van der Waals surface area contributed by atoms with Crippen LogP contribution < -0.4 is 10.6 Å². The molecule has 0 aliphatic carbocycles. The van der Waals surface area contributed by atoms with Crippen LogP contribution in [0.2, 0.25) is 0 Å². The lowest BCUT2D eigenvalue weighted by atomic mass is 9.90. The highest BCUT2D eigenvalue weighted by Gasteiger charge is 2.20. The molecule has 2 heterocycles. The summed E-state index contributed by atoms with van der Waals surface area (Å²) in [6.07, 6.45) is 3.32. The molecule has 0 aliphatic heterocycles. The summed E-state index contributed by atoms with van der Waals surface area (Å²) in [6.45, 7) is 6.11. The molecule has 0 saturated carbocycles. The standard InChI is InChI=1S/C16H20N4O/c1-16(2,3)13-8-11(9-14(17)19-13)15(21)20(4)12-6-5-7-18-10-12/h5-10H,1-4H3,(H2,17,19). The molecule has 0 fully saturated rings. The molecule has 1 amide bonds. The van der Waals surface area contributed by atoms with Crippen LogP contribution in [-0.4, -0.2) is 22.9 Å². The van der Waals surface area contributed by atoms with E-state index in [9.17, 15) is 4.79 Å². The van der Waals surface area contributed by atoms with Crippen molar-refractivity contribution < 1.29 is 4.79 Å². The van der Waals surface area contributed by atoms with Gasteiger partial charge in [-0.2, -0.15) is 0 Å². The summed E-state index contributed by atoms with van der Waals surface area (Å²) in [5.41, 5.74) is 7.72. The van der Waals surface area contributed by atoms with Crippen LogP contribution in [0.1, 0.15) is 36.8 Å². The Labute approximate surface area is 124 Å². The van der Waals surface area contributed by atoms with Crippen molar-refractivity contribution in [3.63, 3.8) is 0 Å². The first-order valence-electron chi connectivity index (χ1n) is 6.75. The van der Waals surface area contributed by atoms with Crippen molar-refractivity contribution in [2.75, 3.05) is 17.7 Å². The number of rotatable bonds is 2. The number of carbonyl (C=O) groups is 1. The predicted molar refractivity (Wildman–Crippen MR) is 84.3 cm³/mol. The van der Waals surface area contributed by atoms with Crippen LogP contribution in [0, 0.1) is 0 Å². The van der Waals surface area contributed by atoms with Gasteiger partial charge in [-0.05, 0) is 24.3 Å². The zero-order valence-corrected chi connectivity index (χ0v) is 12.8. The lowest BCUT2D eigenvalue weighted by Gasteiger charge is -2.21. The number of amides is 1. The quantitative estimate of drug-likeness (QED) is 0.920. The van der Waals surface area contributed by atoms with Crippen molar-refractivity contribution in [2.45, 2.75) is 26.2 Å². The van der Waals surface area contributed by atoms with Crippen LogP contribution in [0.5, 0.6) is 0 Å². The Kier molecular flexibility index (Phi) is 3.93. The van der Waals surface area contributed by atoms with E-state index in [-0.39, 0.29) is 11.3 Å². The number of nitrogens with two attached hydrogens (primary N) is 1. The zero-order chi connectivity index (χ0) is 15.6. The Morgan fingerprint density at radius 2 is 2.00 bits per heavy atom. The largest absolute Gasteiger partial charge is 0.384 e. The summed E-state index contributed by atoms with van der Waals surface area (Å²) in [7, 11) is 1.72. The molecular weight excluding hydrogens is 264 g/mol. The van der Waals surface area contributed by atoms with Crippen molar-refractivity contribution in [1.29, 1.82) is 0 Å². The van der Waals surface area contributed by atoms with Gasteiger partial charge < -0.3 is 10.6 Å². The van der Waals surface area contributed by atoms with E-state index in [0.29, 0.717) is 11.4 Å². The second-order valence-electron chi connectivity index (χ2n) is 5.99. The van der Waals surface area contributed by atoms with Gasteiger partial charge in [-0.1, -0.05) is 20.8 Å². The first-order valence-corrected chi connectivity index (χ1v) is 6.75. The first-order chi connectivity index (χ1) is 9.79. The highest BCUT2D eigenvalue weighted by atomic mass is 16.2. The fourth-order valence-corrected chi connectivity index (χ4v) is 1.92.